The van der Waals surface area contributed by atoms with Crippen LogP contribution in [-0.2, 0) is 0 Å². The number of rotatable bonds is 5. The predicted octanol–water partition coefficient (Wildman–Crippen LogP) is 5.48. The van der Waals surface area contributed by atoms with Crippen molar-refractivity contribution in [1.82, 2.24) is 4.90 Å². The molecule has 1 atom stereocenters. The van der Waals surface area contributed by atoms with Crippen molar-refractivity contribution in [3.05, 3.63) is 74.6 Å². The Bertz CT molecular complexity index is 1150. The maximum absolute atomic E-state index is 13.6. The van der Waals surface area contributed by atoms with Gasteiger partial charge in [0, 0.05) is 11.4 Å². The summed E-state index contributed by atoms with van der Waals surface area (Å²) < 4.78 is 6.07. The number of hydrogen-bond donors (Lipinski definition) is 0. The highest BCUT2D eigenvalue weighted by Gasteiger charge is 2.42. The van der Waals surface area contributed by atoms with Gasteiger partial charge in [-0.1, -0.05) is 31.5 Å². The van der Waals surface area contributed by atoms with E-state index in [1.807, 2.05) is 56.5 Å². The molecule has 1 amide bonds. The number of nitrogens with zero attached hydrogens (tertiary/aromatic N) is 1. The summed E-state index contributed by atoms with van der Waals surface area (Å²) in [5.74, 6) is 0.00750. The molecule has 29 heavy (non-hydrogen) atoms. The van der Waals surface area contributed by atoms with Crippen LogP contribution in [0.3, 0.4) is 0 Å². The molecule has 0 saturated carbocycles. The van der Waals surface area contributed by atoms with Gasteiger partial charge in [0.25, 0.3) is 5.91 Å². The van der Waals surface area contributed by atoms with E-state index in [4.69, 9.17) is 4.42 Å². The number of thioether (sulfide) groups is 1. The van der Waals surface area contributed by atoms with Gasteiger partial charge in [-0.2, -0.15) is 0 Å². The Hall–Kier alpha value is -2.53. The molecule has 0 aliphatic carbocycles. The van der Waals surface area contributed by atoms with Crippen molar-refractivity contribution in [3.8, 4) is 0 Å². The first-order valence-electron chi connectivity index (χ1n) is 9.99. The second kappa shape index (κ2) is 7.71. The Labute approximate surface area is 174 Å². The number of amides is 1. The molecule has 4 rings (SSSR count). The molecule has 3 aromatic rings. The lowest BCUT2D eigenvalue weighted by atomic mass is 9.97. The predicted molar refractivity (Wildman–Crippen MR) is 118 cm³/mol. The van der Waals surface area contributed by atoms with Crippen LogP contribution in [0.15, 0.2) is 50.5 Å². The van der Waals surface area contributed by atoms with Crippen molar-refractivity contribution in [2.45, 2.75) is 44.6 Å². The van der Waals surface area contributed by atoms with Gasteiger partial charge in [0.05, 0.1) is 17.0 Å². The molecule has 0 bridgehead atoms. The van der Waals surface area contributed by atoms with Crippen molar-refractivity contribution in [2.24, 2.45) is 0 Å². The average molecular weight is 408 g/mol. The summed E-state index contributed by atoms with van der Waals surface area (Å²) in [5, 5.41) is 0.574. The second-order valence-electron chi connectivity index (χ2n) is 7.66. The zero-order valence-electron chi connectivity index (χ0n) is 17.2. The van der Waals surface area contributed by atoms with Crippen molar-refractivity contribution in [2.75, 3.05) is 12.8 Å². The molecule has 1 aliphatic rings. The van der Waals surface area contributed by atoms with Crippen molar-refractivity contribution in [1.29, 1.82) is 0 Å². The third kappa shape index (κ3) is 3.27. The molecule has 0 spiro atoms. The van der Waals surface area contributed by atoms with Gasteiger partial charge >= 0.3 is 0 Å². The lowest BCUT2D eigenvalue weighted by Crippen LogP contribution is -2.30. The van der Waals surface area contributed by atoms with E-state index in [0.29, 0.717) is 23.1 Å². The number of carbonyl (C=O) groups excluding carboxylic acids is 1. The first-order valence-corrected chi connectivity index (χ1v) is 11.2. The summed E-state index contributed by atoms with van der Waals surface area (Å²) in [4.78, 5) is 29.8. The highest BCUT2D eigenvalue weighted by Crippen LogP contribution is 2.39. The normalized spacial score (nSPS) is 15.9. The van der Waals surface area contributed by atoms with Crippen LogP contribution in [0.5, 0.6) is 0 Å². The molecule has 2 aromatic carbocycles. The zero-order valence-corrected chi connectivity index (χ0v) is 18.1. The topological polar surface area (TPSA) is 50.5 Å². The Morgan fingerprint density at radius 2 is 1.83 bits per heavy atom. The van der Waals surface area contributed by atoms with Gasteiger partial charge in [-0.15, -0.1) is 11.8 Å². The minimum absolute atomic E-state index is 0.0926. The monoisotopic (exact) mass is 407 g/mol. The first kappa shape index (κ1) is 19.8. The van der Waals surface area contributed by atoms with Crippen LogP contribution in [0, 0.1) is 13.8 Å². The van der Waals surface area contributed by atoms with E-state index in [9.17, 15) is 9.59 Å². The Kier molecular flexibility index (Phi) is 5.26. The number of fused-ring (bicyclic) bond motifs is 2. The van der Waals surface area contributed by atoms with Crippen LogP contribution in [0.4, 0.5) is 0 Å². The quantitative estimate of drug-likeness (QED) is 0.526. The van der Waals surface area contributed by atoms with E-state index in [0.717, 1.165) is 34.4 Å². The maximum atomic E-state index is 13.6. The fraction of sp³-hybridized carbons (Fsp3) is 0.333. The minimum Gasteiger partial charge on any atom is -0.450 e. The van der Waals surface area contributed by atoms with Gasteiger partial charge in [-0.3, -0.25) is 9.59 Å². The molecule has 0 radical (unpaired) electrons. The summed E-state index contributed by atoms with van der Waals surface area (Å²) in [7, 11) is 0. The van der Waals surface area contributed by atoms with E-state index in [1.54, 1.807) is 16.7 Å². The lowest BCUT2D eigenvalue weighted by molar-refractivity contribution is 0.0725. The number of hydrogen-bond acceptors (Lipinski definition) is 4. The standard InChI is InChI=1S/C24H25NO3S/c1-5-6-11-25-21(16-7-9-17(29-4)10-8-16)20-22(26)19-15(3)12-14(2)13-18(19)28-23(20)24(25)27/h7-10,12-13,21H,5-6,11H2,1-4H3. The summed E-state index contributed by atoms with van der Waals surface area (Å²) in [6.45, 7) is 6.58. The molecule has 1 unspecified atom stereocenters. The smallest absolute Gasteiger partial charge is 0.290 e. The van der Waals surface area contributed by atoms with Crippen molar-refractivity contribution >= 4 is 28.6 Å². The Morgan fingerprint density at radius 1 is 1.10 bits per heavy atom. The third-order valence-electron chi connectivity index (χ3n) is 5.60. The van der Waals surface area contributed by atoms with Gasteiger partial charge in [0.15, 0.2) is 5.43 Å². The SMILES string of the molecule is CCCCN1C(=O)c2oc3cc(C)cc(C)c3c(=O)c2C1c1ccc(SC)cc1. The van der Waals surface area contributed by atoms with E-state index in [-0.39, 0.29) is 17.1 Å². The van der Waals surface area contributed by atoms with E-state index < -0.39 is 6.04 Å². The number of benzene rings is 2. The molecular weight excluding hydrogens is 382 g/mol. The van der Waals surface area contributed by atoms with Crippen LogP contribution in [0.2, 0.25) is 0 Å². The number of aryl methyl sites for hydroxylation is 2. The lowest BCUT2D eigenvalue weighted by Gasteiger charge is -2.25. The van der Waals surface area contributed by atoms with Crippen LogP contribution in [0.25, 0.3) is 11.0 Å². The fourth-order valence-electron chi connectivity index (χ4n) is 4.21. The molecule has 1 aromatic heterocycles. The van der Waals surface area contributed by atoms with Crippen molar-refractivity contribution in [3.63, 3.8) is 0 Å². The van der Waals surface area contributed by atoms with Gasteiger partial charge in [0.1, 0.15) is 5.58 Å². The number of unbranched alkanes of at least 4 members (excludes halogenated alkanes) is 1. The maximum Gasteiger partial charge on any atom is 0.290 e. The molecule has 1 aliphatic heterocycles. The van der Waals surface area contributed by atoms with Crippen LogP contribution >= 0.6 is 11.8 Å². The highest BCUT2D eigenvalue weighted by molar-refractivity contribution is 7.98. The summed E-state index contributed by atoms with van der Waals surface area (Å²) in [6, 6.07) is 11.5. The van der Waals surface area contributed by atoms with Crippen LogP contribution < -0.4 is 5.43 Å². The summed E-state index contributed by atoms with van der Waals surface area (Å²) in [5.41, 5.74) is 3.71. The Balaban J connectivity index is 1.97. The molecule has 0 N–H and O–H groups in total. The van der Waals surface area contributed by atoms with Gasteiger partial charge in [-0.25, -0.2) is 0 Å². The fourth-order valence-corrected chi connectivity index (χ4v) is 4.61. The van der Waals surface area contributed by atoms with Crippen LogP contribution in [-0.4, -0.2) is 23.6 Å². The molecule has 150 valence electrons. The first-order chi connectivity index (χ1) is 14.0. The van der Waals surface area contributed by atoms with Crippen LogP contribution in [0.1, 0.15) is 58.6 Å². The molecule has 0 saturated heterocycles. The average Bonchev–Trinajstić information content (AvgIpc) is 2.98. The molecule has 0 fully saturated rings. The second-order valence-corrected chi connectivity index (χ2v) is 8.54. The van der Waals surface area contributed by atoms with E-state index in [1.165, 1.54) is 0 Å². The molecule has 5 heteroatoms. The molecule has 4 nitrogen and oxygen atoms in total. The van der Waals surface area contributed by atoms with Gasteiger partial charge in [-0.05, 0) is 61.4 Å². The summed E-state index contributed by atoms with van der Waals surface area (Å²) in [6.07, 6.45) is 3.88. The zero-order chi connectivity index (χ0) is 20.7. The third-order valence-corrected chi connectivity index (χ3v) is 6.34. The number of carbonyl (C=O) groups is 1. The van der Waals surface area contributed by atoms with E-state index in [2.05, 4.69) is 6.92 Å². The summed E-state index contributed by atoms with van der Waals surface area (Å²) >= 11 is 1.67. The molecule has 2 heterocycles. The minimum atomic E-state index is -0.402. The molecular formula is C24H25NO3S. The van der Waals surface area contributed by atoms with Gasteiger partial charge < -0.3 is 9.32 Å². The largest absolute Gasteiger partial charge is 0.450 e. The Morgan fingerprint density at radius 3 is 2.48 bits per heavy atom. The highest BCUT2D eigenvalue weighted by atomic mass is 32.2. The van der Waals surface area contributed by atoms with Gasteiger partial charge in [0.2, 0.25) is 5.76 Å². The van der Waals surface area contributed by atoms with E-state index >= 15 is 0 Å². The van der Waals surface area contributed by atoms with Crippen molar-refractivity contribution < 1.29 is 9.21 Å².